The third kappa shape index (κ3) is 6.36. The standard InChI is InChI=1S/C33H38N4O3/c1-21(2)34-31(38)26-13-15-27(16-14-26)37-30-19-28(40-20-24-9-5-22(3)6-10-24)17-18-29(30)35-33(37)36-32(39)25-11-7-23(4)8-12-25/h5-12,17-19,21,26-27H,13-16,20H2,1-4H3,(H,34,38)(H,35,36,39)/t26-,27+. The number of rotatable bonds is 8. The Kier molecular flexibility index (Phi) is 8.19. The molecule has 40 heavy (non-hydrogen) atoms. The zero-order valence-corrected chi connectivity index (χ0v) is 23.7. The zero-order valence-electron chi connectivity index (χ0n) is 23.7. The highest BCUT2D eigenvalue weighted by Gasteiger charge is 2.30. The van der Waals surface area contributed by atoms with E-state index in [1.807, 2.05) is 63.2 Å². The van der Waals surface area contributed by atoms with Gasteiger partial charge in [0.05, 0.1) is 11.0 Å². The molecule has 1 heterocycles. The monoisotopic (exact) mass is 538 g/mol. The number of anilines is 1. The minimum Gasteiger partial charge on any atom is -0.489 e. The molecule has 0 saturated heterocycles. The maximum atomic E-state index is 13.2. The van der Waals surface area contributed by atoms with Gasteiger partial charge >= 0.3 is 0 Å². The second-order valence-corrected chi connectivity index (χ2v) is 11.2. The van der Waals surface area contributed by atoms with Crippen LogP contribution in [0.25, 0.3) is 11.0 Å². The van der Waals surface area contributed by atoms with Crippen LogP contribution >= 0.6 is 0 Å². The lowest BCUT2D eigenvalue weighted by Crippen LogP contribution is -2.37. The van der Waals surface area contributed by atoms with Crippen LogP contribution in [0.3, 0.4) is 0 Å². The maximum absolute atomic E-state index is 13.2. The number of hydrogen-bond donors (Lipinski definition) is 2. The lowest BCUT2D eigenvalue weighted by atomic mass is 9.85. The van der Waals surface area contributed by atoms with Crippen LogP contribution in [-0.4, -0.2) is 27.4 Å². The van der Waals surface area contributed by atoms with Crippen LogP contribution in [0.5, 0.6) is 5.75 Å². The summed E-state index contributed by atoms with van der Waals surface area (Å²) in [4.78, 5) is 30.7. The van der Waals surface area contributed by atoms with E-state index in [1.54, 1.807) is 0 Å². The summed E-state index contributed by atoms with van der Waals surface area (Å²) in [5, 5.41) is 6.13. The first-order valence-electron chi connectivity index (χ1n) is 14.2. The normalized spacial score (nSPS) is 17.1. The van der Waals surface area contributed by atoms with Crippen LogP contribution in [0, 0.1) is 19.8 Å². The predicted molar refractivity (Wildman–Crippen MR) is 159 cm³/mol. The number of benzene rings is 3. The Morgan fingerprint density at radius 2 is 1.57 bits per heavy atom. The molecule has 1 aliphatic carbocycles. The highest BCUT2D eigenvalue weighted by atomic mass is 16.5. The van der Waals surface area contributed by atoms with E-state index in [0.717, 1.165) is 53.6 Å². The van der Waals surface area contributed by atoms with E-state index in [9.17, 15) is 9.59 Å². The topological polar surface area (TPSA) is 85.2 Å². The fourth-order valence-electron chi connectivity index (χ4n) is 5.35. The van der Waals surface area contributed by atoms with E-state index in [0.29, 0.717) is 18.1 Å². The number of nitrogens with zero attached hydrogens (tertiary/aromatic N) is 2. The number of amides is 2. The Morgan fingerprint density at radius 3 is 2.23 bits per heavy atom. The summed E-state index contributed by atoms with van der Waals surface area (Å²) >= 11 is 0. The average molecular weight is 539 g/mol. The van der Waals surface area contributed by atoms with Crippen molar-refractivity contribution in [3.05, 3.63) is 89.0 Å². The van der Waals surface area contributed by atoms with E-state index in [1.165, 1.54) is 5.56 Å². The first kappa shape index (κ1) is 27.4. The van der Waals surface area contributed by atoms with Crippen molar-refractivity contribution in [3.63, 3.8) is 0 Å². The molecule has 0 unspecified atom stereocenters. The molecule has 1 aromatic heterocycles. The summed E-state index contributed by atoms with van der Waals surface area (Å²) in [5.74, 6) is 1.20. The molecule has 0 aliphatic heterocycles. The van der Waals surface area contributed by atoms with E-state index in [4.69, 9.17) is 9.72 Å². The van der Waals surface area contributed by atoms with Gasteiger partial charge in [0.1, 0.15) is 12.4 Å². The van der Waals surface area contributed by atoms with Gasteiger partial charge in [-0.2, -0.15) is 0 Å². The van der Waals surface area contributed by atoms with Crippen molar-refractivity contribution >= 4 is 28.8 Å². The number of carbonyl (C=O) groups excluding carboxylic acids is 2. The van der Waals surface area contributed by atoms with Crippen LogP contribution in [0.1, 0.15) is 72.6 Å². The SMILES string of the molecule is Cc1ccc(COc2ccc3nc(NC(=O)c4ccc(C)cc4)n([C@H]4CC[C@@H](C(=O)NC(C)C)CC4)c3c2)cc1. The van der Waals surface area contributed by atoms with Crippen molar-refractivity contribution in [1.29, 1.82) is 0 Å². The fraction of sp³-hybridized carbons (Fsp3) is 0.364. The van der Waals surface area contributed by atoms with Crippen LogP contribution in [-0.2, 0) is 11.4 Å². The Hall–Kier alpha value is -4.13. The van der Waals surface area contributed by atoms with Gasteiger partial charge in [0.25, 0.3) is 5.91 Å². The first-order chi connectivity index (χ1) is 19.3. The molecule has 1 fully saturated rings. The number of aromatic nitrogens is 2. The smallest absolute Gasteiger partial charge is 0.257 e. The highest BCUT2D eigenvalue weighted by molar-refractivity contribution is 6.04. The number of imidazole rings is 1. The molecule has 5 rings (SSSR count). The number of ether oxygens (including phenoxy) is 1. The molecule has 208 valence electrons. The zero-order chi connectivity index (χ0) is 28.2. The fourth-order valence-corrected chi connectivity index (χ4v) is 5.35. The lowest BCUT2D eigenvalue weighted by molar-refractivity contribution is -0.126. The minimum atomic E-state index is -0.197. The highest BCUT2D eigenvalue weighted by Crippen LogP contribution is 2.38. The molecule has 1 aliphatic rings. The second kappa shape index (κ2) is 11.9. The van der Waals surface area contributed by atoms with Crippen molar-refractivity contribution in [1.82, 2.24) is 14.9 Å². The molecule has 7 nitrogen and oxygen atoms in total. The molecule has 4 aromatic rings. The molecule has 2 N–H and O–H groups in total. The van der Waals surface area contributed by atoms with E-state index >= 15 is 0 Å². The van der Waals surface area contributed by atoms with Crippen molar-refractivity contribution in [3.8, 4) is 5.75 Å². The summed E-state index contributed by atoms with van der Waals surface area (Å²) in [5.41, 5.74) is 5.70. The number of fused-ring (bicyclic) bond motifs is 1. The molecule has 0 spiro atoms. The van der Waals surface area contributed by atoms with Crippen LogP contribution < -0.4 is 15.4 Å². The molecule has 0 radical (unpaired) electrons. The van der Waals surface area contributed by atoms with Gasteiger partial charge in [0.2, 0.25) is 11.9 Å². The van der Waals surface area contributed by atoms with Gasteiger partial charge in [0.15, 0.2) is 0 Å². The first-order valence-corrected chi connectivity index (χ1v) is 14.2. The molecule has 0 atom stereocenters. The molecule has 1 saturated carbocycles. The molecule has 7 heteroatoms. The van der Waals surface area contributed by atoms with Gasteiger partial charge in [-0.1, -0.05) is 47.5 Å². The number of nitrogens with one attached hydrogen (secondary N) is 2. The van der Waals surface area contributed by atoms with Crippen LogP contribution in [0.2, 0.25) is 0 Å². The number of aryl methyl sites for hydroxylation is 2. The third-order valence-electron chi connectivity index (χ3n) is 7.59. The molecule has 0 bridgehead atoms. The van der Waals surface area contributed by atoms with Gasteiger partial charge in [-0.05, 0) is 83.2 Å². The largest absolute Gasteiger partial charge is 0.489 e. The molecule has 2 amide bonds. The van der Waals surface area contributed by atoms with E-state index in [2.05, 4.69) is 46.4 Å². The third-order valence-corrected chi connectivity index (χ3v) is 7.59. The van der Waals surface area contributed by atoms with Gasteiger partial charge in [-0.3, -0.25) is 14.9 Å². The Balaban J connectivity index is 1.42. The van der Waals surface area contributed by atoms with Gasteiger partial charge in [-0.25, -0.2) is 4.98 Å². The van der Waals surface area contributed by atoms with Gasteiger partial charge < -0.3 is 14.6 Å². The molecule has 3 aromatic carbocycles. The quantitative estimate of drug-likeness (QED) is 0.260. The average Bonchev–Trinajstić information content (AvgIpc) is 3.29. The van der Waals surface area contributed by atoms with E-state index < -0.39 is 0 Å². The van der Waals surface area contributed by atoms with E-state index in [-0.39, 0.29) is 29.8 Å². The summed E-state index contributed by atoms with van der Waals surface area (Å²) in [6.07, 6.45) is 3.22. The number of carbonyl (C=O) groups is 2. The van der Waals surface area contributed by atoms with Crippen molar-refractivity contribution in [2.75, 3.05) is 5.32 Å². The maximum Gasteiger partial charge on any atom is 0.257 e. The summed E-state index contributed by atoms with van der Waals surface area (Å²) in [7, 11) is 0. The molecular formula is C33H38N4O3. The molecular weight excluding hydrogens is 500 g/mol. The van der Waals surface area contributed by atoms with Crippen molar-refractivity contribution < 1.29 is 14.3 Å². The van der Waals surface area contributed by atoms with Gasteiger partial charge in [-0.15, -0.1) is 0 Å². The van der Waals surface area contributed by atoms with Crippen molar-refractivity contribution in [2.24, 2.45) is 5.92 Å². The van der Waals surface area contributed by atoms with Gasteiger partial charge in [0, 0.05) is 29.6 Å². The predicted octanol–water partition coefficient (Wildman–Crippen LogP) is 6.74. The van der Waals surface area contributed by atoms with Crippen LogP contribution in [0.15, 0.2) is 66.7 Å². The second-order valence-electron chi connectivity index (χ2n) is 11.2. The number of hydrogen-bond acceptors (Lipinski definition) is 4. The Labute approximate surface area is 236 Å². The van der Waals surface area contributed by atoms with Crippen LogP contribution in [0.4, 0.5) is 5.95 Å². The minimum absolute atomic E-state index is 0.00689. The van der Waals surface area contributed by atoms with Crippen molar-refractivity contribution in [2.45, 2.75) is 72.1 Å². The Morgan fingerprint density at radius 1 is 0.925 bits per heavy atom. The summed E-state index contributed by atoms with van der Waals surface area (Å²) in [6.45, 7) is 8.51. The summed E-state index contributed by atoms with van der Waals surface area (Å²) < 4.78 is 8.29. The Bertz CT molecular complexity index is 1480. The lowest BCUT2D eigenvalue weighted by Gasteiger charge is -2.30. The summed E-state index contributed by atoms with van der Waals surface area (Å²) in [6, 6.07) is 21.9.